The lowest BCUT2D eigenvalue weighted by Gasteiger charge is -2.32. The molecule has 0 spiro atoms. The molecule has 6 heteroatoms. The third-order valence-corrected chi connectivity index (χ3v) is 3.95. The summed E-state index contributed by atoms with van der Waals surface area (Å²) < 4.78 is 10.3. The zero-order valence-corrected chi connectivity index (χ0v) is 12.7. The Bertz CT molecular complexity index is 394. The van der Waals surface area contributed by atoms with Crippen molar-refractivity contribution < 1.29 is 24.2 Å². The molecule has 3 N–H and O–H groups in total. The van der Waals surface area contributed by atoms with Gasteiger partial charge in [-0.15, -0.1) is 0 Å². The Balaban J connectivity index is 2.40. The van der Waals surface area contributed by atoms with Crippen LogP contribution in [0.2, 0.25) is 0 Å². The lowest BCUT2D eigenvalue weighted by atomic mass is 9.85. The fourth-order valence-electron chi connectivity index (χ4n) is 2.19. The van der Waals surface area contributed by atoms with Crippen LogP contribution in [0, 0.1) is 5.92 Å². The largest absolute Gasteiger partial charge is 0.464 e. The van der Waals surface area contributed by atoms with E-state index in [0.29, 0.717) is 25.7 Å². The predicted molar refractivity (Wildman–Crippen MR) is 77.3 cm³/mol. The molecule has 21 heavy (non-hydrogen) atoms. The highest BCUT2D eigenvalue weighted by atomic mass is 16.6. The third kappa shape index (κ3) is 5.13. The van der Waals surface area contributed by atoms with Gasteiger partial charge < -0.3 is 20.3 Å². The maximum Gasteiger partial charge on any atom is 0.330 e. The minimum Gasteiger partial charge on any atom is -0.464 e. The van der Waals surface area contributed by atoms with Crippen LogP contribution in [0.1, 0.15) is 39.5 Å². The van der Waals surface area contributed by atoms with Crippen molar-refractivity contribution in [2.45, 2.75) is 57.3 Å². The van der Waals surface area contributed by atoms with Crippen LogP contribution in [0.3, 0.4) is 0 Å². The topological polar surface area (TPSA) is 98.9 Å². The van der Waals surface area contributed by atoms with Crippen LogP contribution in [0.4, 0.5) is 0 Å². The van der Waals surface area contributed by atoms with Gasteiger partial charge in [0.15, 0.2) is 0 Å². The van der Waals surface area contributed by atoms with Crippen molar-refractivity contribution in [3.8, 4) is 0 Å². The van der Waals surface area contributed by atoms with Crippen molar-refractivity contribution in [1.29, 1.82) is 0 Å². The van der Waals surface area contributed by atoms with Crippen LogP contribution in [0.5, 0.6) is 0 Å². The van der Waals surface area contributed by atoms with Gasteiger partial charge in [-0.25, -0.2) is 4.79 Å². The molecule has 1 fully saturated rings. The Kier molecular flexibility index (Phi) is 6.36. The van der Waals surface area contributed by atoms with Gasteiger partial charge in [0, 0.05) is 6.08 Å². The average Bonchev–Trinajstić information content (AvgIpc) is 2.46. The molecule has 6 nitrogen and oxygen atoms in total. The number of carbonyl (C=O) groups excluding carboxylic acids is 2. The summed E-state index contributed by atoms with van der Waals surface area (Å²) in [6.45, 7) is 7.01. The van der Waals surface area contributed by atoms with Crippen LogP contribution in [-0.2, 0) is 19.1 Å². The van der Waals surface area contributed by atoms with Gasteiger partial charge in [0.25, 0.3) is 0 Å². The second-order valence-corrected chi connectivity index (χ2v) is 5.80. The number of rotatable bonds is 6. The van der Waals surface area contributed by atoms with E-state index in [1.807, 2.05) is 6.92 Å². The van der Waals surface area contributed by atoms with Crippen LogP contribution in [0.25, 0.3) is 0 Å². The molecule has 1 aliphatic carbocycles. The first-order valence-corrected chi connectivity index (χ1v) is 7.27. The first kappa shape index (κ1) is 17.7. The van der Waals surface area contributed by atoms with Gasteiger partial charge in [-0.3, -0.25) is 4.79 Å². The molecule has 0 aliphatic heterocycles. The fraction of sp³-hybridized carbons (Fsp3) is 0.733. The molecule has 0 amide bonds. The molecular formula is C15H25NO5. The van der Waals surface area contributed by atoms with E-state index in [4.69, 9.17) is 15.2 Å². The van der Waals surface area contributed by atoms with Crippen LogP contribution in [-0.4, -0.2) is 41.4 Å². The average molecular weight is 299 g/mol. The van der Waals surface area contributed by atoms with Gasteiger partial charge in [0.2, 0.25) is 0 Å². The van der Waals surface area contributed by atoms with Crippen molar-refractivity contribution >= 4 is 11.9 Å². The summed E-state index contributed by atoms with van der Waals surface area (Å²) in [6, 6.07) is 0. The van der Waals surface area contributed by atoms with Crippen molar-refractivity contribution in [3.05, 3.63) is 12.7 Å². The number of hydrogen-bond donors (Lipinski definition) is 2. The number of aliphatic hydroxyl groups excluding tert-OH is 1. The Labute approximate surface area is 125 Å². The molecule has 0 heterocycles. The van der Waals surface area contributed by atoms with E-state index in [9.17, 15) is 14.7 Å². The number of nitrogens with two attached hydrogens (primary N) is 1. The SMILES string of the molecule is C=CC(=O)OC1CCC(COC(=O)C(C)(N)CC)CC1O. The molecule has 0 aromatic rings. The zero-order chi connectivity index (χ0) is 16.0. The van der Waals surface area contributed by atoms with Gasteiger partial charge >= 0.3 is 11.9 Å². The normalized spacial score (nSPS) is 28.3. The van der Waals surface area contributed by atoms with Crippen molar-refractivity contribution in [1.82, 2.24) is 0 Å². The summed E-state index contributed by atoms with van der Waals surface area (Å²) in [7, 11) is 0. The standard InChI is InChI=1S/C15H25NO5/c1-4-13(18)21-12-7-6-10(8-11(12)17)9-20-14(19)15(3,16)5-2/h4,10-12,17H,1,5-9,16H2,2-3H3. The van der Waals surface area contributed by atoms with E-state index in [2.05, 4.69) is 6.58 Å². The molecule has 1 rings (SSSR count). The molecule has 0 saturated heterocycles. The first-order valence-electron chi connectivity index (χ1n) is 7.27. The second-order valence-electron chi connectivity index (χ2n) is 5.80. The van der Waals surface area contributed by atoms with Gasteiger partial charge in [-0.05, 0) is 38.5 Å². The van der Waals surface area contributed by atoms with E-state index < -0.39 is 29.7 Å². The van der Waals surface area contributed by atoms with Crippen molar-refractivity contribution in [2.75, 3.05) is 6.61 Å². The number of aliphatic hydroxyl groups is 1. The highest BCUT2D eigenvalue weighted by molar-refractivity contribution is 5.81. The lowest BCUT2D eigenvalue weighted by Crippen LogP contribution is -2.46. The number of hydrogen-bond acceptors (Lipinski definition) is 6. The van der Waals surface area contributed by atoms with Gasteiger partial charge in [-0.2, -0.15) is 0 Å². The molecule has 4 atom stereocenters. The summed E-state index contributed by atoms with van der Waals surface area (Å²) in [6.07, 6.45) is 1.99. The van der Waals surface area contributed by atoms with Gasteiger partial charge in [-0.1, -0.05) is 13.5 Å². The van der Waals surface area contributed by atoms with Crippen LogP contribution >= 0.6 is 0 Å². The van der Waals surface area contributed by atoms with E-state index in [-0.39, 0.29) is 12.5 Å². The molecule has 0 radical (unpaired) electrons. The van der Waals surface area contributed by atoms with Crippen molar-refractivity contribution in [3.63, 3.8) is 0 Å². The molecule has 4 unspecified atom stereocenters. The molecular weight excluding hydrogens is 274 g/mol. The molecule has 0 aromatic heterocycles. The summed E-state index contributed by atoms with van der Waals surface area (Å²) in [5, 5.41) is 9.98. The fourth-order valence-corrected chi connectivity index (χ4v) is 2.19. The Morgan fingerprint density at radius 1 is 1.48 bits per heavy atom. The Morgan fingerprint density at radius 3 is 2.67 bits per heavy atom. The highest BCUT2D eigenvalue weighted by Gasteiger charge is 2.33. The molecule has 1 aliphatic rings. The number of carbonyl (C=O) groups is 2. The molecule has 1 saturated carbocycles. The summed E-state index contributed by atoms with van der Waals surface area (Å²) in [5.41, 5.74) is 4.83. The number of ether oxygens (including phenoxy) is 2. The van der Waals surface area contributed by atoms with E-state index >= 15 is 0 Å². The van der Waals surface area contributed by atoms with Crippen molar-refractivity contribution in [2.24, 2.45) is 11.7 Å². The maximum atomic E-state index is 11.8. The molecule has 0 bridgehead atoms. The van der Waals surface area contributed by atoms with Gasteiger partial charge in [0.05, 0.1) is 12.7 Å². The third-order valence-electron chi connectivity index (χ3n) is 3.95. The van der Waals surface area contributed by atoms with Crippen LogP contribution in [0.15, 0.2) is 12.7 Å². The highest BCUT2D eigenvalue weighted by Crippen LogP contribution is 2.27. The Morgan fingerprint density at radius 2 is 2.14 bits per heavy atom. The summed E-state index contributed by atoms with van der Waals surface area (Å²) in [5.74, 6) is -0.916. The predicted octanol–water partition coefficient (Wildman–Crippen LogP) is 0.916. The lowest BCUT2D eigenvalue weighted by molar-refractivity contribution is -0.156. The quantitative estimate of drug-likeness (QED) is 0.559. The molecule has 0 aromatic carbocycles. The van der Waals surface area contributed by atoms with Crippen LogP contribution < -0.4 is 5.73 Å². The number of esters is 2. The van der Waals surface area contributed by atoms with E-state index in [1.165, 1.54) is 0 Å². The monoisotopic (exact) mass is 299 g/mol. The van der Waals surface area contributed by atoms with E-state index in [0.717, 1.165) is 6.08 Å². The molecule has 120 valence electrons. The summed E-state index contributed by atoms with van der Waals surface area (Å²) in [4.78, 5) is 22.9. The zero-order valence-electron chi connectivity index (χ0n) is 12.7. The smallest absolute Gasteiger partial charge is 0.330 e. The second kappa shape index (κ2) is 7.56. The maximum absolute atomic E-state index is 11.8. The summed E-state index contributed by atoms with van der Waals surface area (Å²) >= 11 is 0. The first-order chi connectivity index (χ1) is 9.80. The van der Waals surface area contributed by atoms with Gasteiger partial charge in [0.1, 0.15) is 11.6 Å². The Hall–Kier alpha value is -1.40. The minimum absolute atomic E-state index is 0.0512. The minimum atomic E-state index is -0.977. The van der Waals surface area contributed by atoms with E-state index in [1.54, 1.807) is 6.92 Å².